The van der Waals surface area contributed by atoms with Gasteiger partial charge in [0.15, 0.2) is 22.9 Å². The Balaban J connectivity index is 1.56. The van der Waals surface area contributed by atoms with E-state index in [1.165, 1.54) is 0 Å². The molecule has 6 nitrogen and oxygen atoms in total. The number of rotatable bonds is 3. The third kappa shape index (κ3) is 3.12. The predicted octanol–water partition coefficient (Wildman–Crippen LogP) is 4.70. The molecule has 1 amide bonds. The zero-order valence-corrected chi connectivity index (χ0v) is 13.9. The highest BCUT2D eigenvalue weighted by molar-refractivity contribution is 6.30. The fourth-order valence-electron chi connectivity index (χ4n) is 2.48. The minimum absolute atomic E-state index is 0.173. The summed E-state index contributed by atoms with van der Waals surface area (Å²) in [6, 6.07) is 13.9. The molecule has 25 heavy (non-hydrogen) atoms. The van der Waals surface area contributed by atoms with Crippen molar-refractivity contribution in [2.75, 3.05) is 5.32 Å². The Bertz CT molecular complexity index is 1080. The van der Waals surface area contributed by atoms with Crippen LogP contribution in [0.1, 0.15) is 16.4 Å². The fourth-order valence-corrected chi connectivity index (χ4v) is 2.67. The number of halogens is 1. The quantitative estimate of drug-likeness (QED) is 0.577. The van der Waals surface area contributed by atoms with Crippen LogP contribution in [0.15, 0.2) is 57.5 Å². The van der Waals surface area contributed by atoms with Crippen LogP contribution in [0.3, 0.4) is 0 Å². The molecular formula is C18H12ClN3O3. The molecule has 0 fully saturated rings. The van der Waals surface area contributed by atoms with Gasteiger partial charge in [-0.2, -0.15) is 0 Å². The van der Waals surface area contributed by atoms with Gasteiger partial charge in [0.2, 0.25) is 0 Å². The fraction of sp³-hybridized carbons (Fsp3) is 0.0556. The van der Waals surface area contributed by atoms with Gasteiger partial charge in [0.25, 0.3) is 5.91 Å². The molecule has 0 saturated carbocycles. The largest absolute Gasteiger partial charge is 0.441 e. The van der Waals surface area contributed by atoms with Crippen LogP contribution in [0.2, 0.25) is 5.02 Å². The minimum atomic E-state index is -0.378. The first-order valence-corrected chi connectivity index (χ1v) is 7.87. The molecule has 0 unspecified atom stereocenters. The summed E-state index contributed by atoms with van der Waals surface area (Å²) < 4.78 is 10.7. The van der Waals surface area contributed by atoms with E-state index in [0.717, 1.165) is 5.56 Å². The zero-order chi connectivity index (χ0) is 17.4. The second-order valence-corrected chi connectivity index (χ2v) is 5.89. The molecule has 0 bridgehead atoms. The summed E-state index contributed by atoms with van der Waals surface area (Å²) in [5.41, 5.74) is 2.86. The van der Waals surface area contributed by atoms with Gasteiger partial charge in [0.05, 0.1) is 0 Å². The predicted molar refractivity (Wildman–Crippen MR) is 93.6 cm³/mol. The number of anilines is 1. The van der Waals surface area contributed by atoms with Crippen molar-refractivity contribution >= 4 is 34.3 Å². The summed E-state index contributed by atoms with van der Waals surface area (Å²) in [4.78, 5) is 16.6. The molecule has 7 heteroatoms. The van der Waals surface area contributed by atoms with Crippen LogP contribution in [-0.2, 0) is 0 Å². The van der Waals surface area contributed by atoms with Crippen molar-refractivity contribution in [1.82, 2.24) is 10.1 Å². The van der Waals surface area contributed by atoms with Gasteiger partial charge >= 0.3 is 0 Å². The summed E-state index contributed by atoms with van der Waals surface area (Å²) in [6.45, 7) is 1.77. The number of nitrogens with one attached hydrogen (secondary N) is 1. The van der Waals surface area contributed by atoms with Crippen molar-refractivity contribution in [2.45, 2.75) is 6.92 Å². The Morgan fingerprint density at radius 1 is 1.16 bits per heavy atom. The summed E-state index contributed by atoms with van der Waals surface area (Å²) in [5, 5.41) is 7.17. The molecule has 4 rings (SSSR count). The average Bonchev–Trinajstić information content (AvgIpc) is 3.20. The zero-order valence-electron chi connectivity index (χ0n) is 13.1. The summed E-state index contributed by atoms with van der Waals surface area (Å²) in [7, 11) is 0. The molecule has 0 spiro atoms. The number of amides is 1. The van der Waals surface area contributed by atoms with Crippen LogP contribution in [-0.4, -0.2) is 16.0 Å². The highest BCUT2D eigenvalue weighted by Gasteiger charge is 2.15. The first-order chi connectivity index (χ1) is 12.1. The van der Waals surface area contributed by atoms with Gasteiger partial charge in [-0.1, -0.05) is 28.9 Å². The Kier molecular flexibility index (Phi) is 3.74. The lowest BCUT2D eigenvalue weighted by Gasteiger charge is -2.01. The third-order valence-electron chi connectivity index (χ3n) is 3.60. The molecule has 124 valence electrons. The van der Waals surface area contributed by atoms with Gasteiger partial charge in [-0.3, -0.25) is 4.79 Å². The topological polar surface area (TPSA) is 81.2 Å². The molecule has 0 atom stereocenters. The Labute approximate surface area is 147 Å². The molecule has 0 saturated heterocycles. The number of hydrogen-bond acceptors (Lipinski definition) is 5. The summed E-state index contributed by atoms with van der Waals surface area (Å²) in [6.07, 6.45) is 0. The number of nitrogens with zero attached hydrogens (tertiary/aromatic N) is 2. The number of hydrogen-bond donors (Lipinski definition) is 1. The first kappa shape index (κ1) is 15.4. The third-order valence-corrected chi connectivity index (χ3v) is 3.84. The maximum Gasteiger partial charge on any atom is 0.277 e. The van der Waals surface area contributed by atoms with Crippen LogP contribution in [0.4, 0.5) is 5.69 Å². The number of carbonyl (C=O) groups excluding carboxylic acids is 1. The standard InChI is InChI=1S/C18H12ClN3O3/c1-10-20-14-8-13(5-6-16(14)24-10)21-18(23)15-9-17(25-22-15)11-3-2-4-12(19)7-11/h2-9H,1H3,(H,21,23). The van der Waals surface area contributed by atoms with E-state index in [2.05, 4.69) is 15.5 Å². The minimum Gasteiger partial charge on any atom is -0.441 e. The Hall–Kier alpha value is -3.12. The number of oxazole rings is 1. The lowest BCUT2D eigenvalue weighted by molar-refractivity contribution is 0.101. The molecule has 2 aromatic carbocycles. The van der Waals surface area contributed by atoms with Gasteiger partial charge < -0.3 is 14.3 Å². The number of carbonyl (C=O) groups is 1. The lowest BCUT2D eigenvalue weighted by Crippen LogP contribution is -2.12. The molecule has 1 N–H and O–H groups in total. The van der Waals surface area contributed by atoms with Gasteiger partial charge in [0.1, 0.15) is 5.52 Å². The molecular weight excluding hydrogens is 342 g/mol. The van der Waals surface area contributed by atoms with Crippen LogP contribution in [0.5, 0.6) is 0 Å². The van der Waals surface area contributed by atoms with Crippen LogP contribution in [0.25, 0.3) is 22.4 Å². The highest BCUT2D eigenvalue weighted by Crippen LogP contribution is 2.24. The number of benzene rings is 2. The van der Waals surface area contributed by atoms with Crippen LogP contribution < -0.4 is 5.32 Å². The molecule has 0 aliphatic heterocycles. The van der Waals surface area contributed by atoms with Crippen molar-refractivity contribution in [3.8, 4) is 11.3 Å². The molecule has 2 heterocycles. The summed E-state index contributed by atoms with van der Waals surface area (Å²) >= 11 is 5.97. The molecule has 0 radical (unpaired) electrons. The number of aryl methyl sites for hydroxylation is 1. The summed E-state index contributed by atoms with van der Waals surface area (Å²) in [5.74, 6) is 0.660. The maximum atomic E-state index is 12.4. The molecule has 0 aliphatic rings. The molecule has 4 aromatic rings. The number of aromatic nitrogens is 2. The van der Waals surface area contributed by atoms with Crippen molar-refractivity contribution in [3.63, 3.8) is 0 Å². The smallest absolute Gasteiger partial charge is 0.277 e. The first-order valence-electron chi connectivity index (χ1n) is 7.50. The van der Waals surface area contributed by atoms with Crippen molar-refractivity contribution < 1.29 is 13.7 Å². The van der Waals surface area contributed by atoms with E-state index in [9.17, 15) is 4.79 Å². The maximum absolute atomic E-state index is 12.4. The normalized spacial score (nSPS) is 11.0. The van der Waals surface area contributed by atoms with E-state index in [1.807, 2.05) is 6.07 Å². The lowest BCUT2D eigenvalue weighted by atomic mass is 10.1. The second-order valence-electron chi connectivity index (χ2n) is 5.46. The highest BCUT2D eigenvalue weighted by atomic mass is 35.5. The molecule has 2 aromatic heterocycles. The van der Waals surface area contributed by atoms with Gasteiger partial charge in [-0.05, 0) is 30.3 Å². The van der Waals surface area contributed by atoms with Crippen LogP contribution in [0, 0.1) is 6.92 Å². The van der Waals surface area contributed by atoms with Gasteiger partial charge in [0, 0.05) is 29.3 Å². The van der Waals surface area contributed by atoms with Crippen molar-refractivity contribution in [3.05, 3.63) is 65.1 Å². The van der Waals surface area contributed by atoms with E-state index in [1.54, 1.807) is 49.4 Å². The van der Waals surface area contributed by atoms with Crippen LogP contribution >= 0.6 is 11.6 Å². The van der Waals surface area contributed by atoms with Crippen molar-refractivity contribution in [1.29, 1.82) is 0 Å². The van der Waals surface area contributed by atoms with E-state index in [4.69, 9.17) is 20.5 Å². The van der Waals surface area contributed by atoms with E-state index >= 15 is 0 Å². The van der Waals surface area contributed by atoms with Gasteiger partial charge in [-0.15, -0.1) is 0 Å². The van der Waals surface area contributed by atoms with E-state index < -0.39 is 0 Å². The van der Waals surface area contributed by atoms with Crippen molar-refractivity contribution in [2.24, 2.45) is 0 Å². The monoisotopic (exact) mass is 353 g/mol. The Morgan fingerprint density at radius 3 is 2.88 bits per heavy atom. The van der Waals surface area contributed by atoms with E-state index in [-0.39, 0.29) is 11.6 Å². The molecule has 0 aliphatic carbocycles. The van der Waals surface area contributed by atoms with Gasteiger partial charge in [-0.25, -0.2) is 4.98 Å². The van der Waals surface area contributed by atoms with E-state index in [0.29, 0.717) is 33.5 Å². The average molecular weight is 354 g/mol. The SMILES string of the molecule is Cc1nc2cc(NC(=O)c3cc(-c4cccc(Cl)c4)on3)ccc2o1. The second kappa shape index (κ2) is 6.07. The Morgan fingerprint density at radius 2 is 2.04 bits per heavy atom. The number of fused-ring (bicyclic) bond motifs is 1.